The van der Waals surface area contributed by atoms with Gasteiger partial charge in [-0.25, -0.2) is 0 Å². The summed E-state index contributed by atoms with van der Waals surface area (Å²) in [6, 6.07) is 19.8. The van der Waals surface area contributed by atoms with Crippen LogP contribution in [0.5, 0.6) is 11.5 Å². The summed E-state index contributed by atoms with van der Waals surface area (Å²) in [6.07, 6.45) is 1.54. The predicted molar refractivity (Wildman–Crippen MR) is 141 cm³/mol. The largest absolute Gasteiger partial charge is 0.493 e. The van der Waals surface area contributed by atoms with E-state index in [4.69, 9.17) is 9.47 Å². The summed E-state index contributed by atoms with van der Waals surface area (Å²) >= 11 is 0. The van der Waals surface area contributed by atoms with Crippen molar-refractivity contribution < 1.29 is 23.9 Å². The lowest BCUT2D eigenvalue weighted by Crippen LogP contribution is -2.62. The van der Waals surface area contributed by atoms with Crippen molar-refractivity contribution in [3.63, 3.8) is 0 Å². The molecule has 192 valence electrons. The minimum Gasteiger partial charge on any atom is -0.493 e. The third-order valence-electron chi connectivity index (χ3n) is 8.95. The maximum atomic E-state index is 14.7. The molecular weight excluding hydrogens is 482 g/mol. The number of ether oxygens (including phenoxy) is 2. The number of ketones is 1. The Morgan fingerprint density at radius 3 is 2.26 bits per heavy atom. The number of benzene rings is 3. The topological polar surface area (TPSA) is 97.0 Å². The lowest BCUT2D eigenvalue weighted by Gasteiger charge is -2.43. The zero-order valence-electron chi connectivity index (χ0n) is 21.1. The number of para-hydroxylation sites is 2. The predicted octanol–water partition coefficient (Wildman–Crippen LogP) is 3.72. The van der Waals surface area contributed by atoms with Gasteiger partial charge in [-0.3, -0.25) is 19.3 Å². The molecule has 2 amide bonds. The van der Waals surface area contributed by atoms with Crippen molar-refractivity contribution in [3.05, 3.63) is 83.4 Å². The van der Waals surface area contributed by atoms with Gasteiger partial charge in [0.15, 0.2) is 17.3 Å². The van der Waals surface area contributed by atoms with E-state index in [0.717, 1.165) is 12.0 Å². The first-order valence-corrected chi connectivity index (χ1v) is 12.8. The zero-order valence-corrected chi connectivity index (χ0v) is 21.1. The number of nitrogens with one attached hydrogen (secondary N) is 2. The number of rotatable bonds is 4. The van der Waals surface area contributed by atoms with Gasteiger partial charge in [0.05, 0.1) is 20.1 Å². The van der Waals surface area contributed by atoms with Gasteiger partial charge in [0.2, 0.25) is 5.91 Å². The molecule has 4 heterocycles. The van der Waals surface area contributed by atoms with Gasteiger partial charge in [-0.1, -0.05) is 36.4 Å². The number of Topliss-reactive ketones (excluding diaryl/α,β-unsaturated/α-hetero) is 1. The van der Waals surface area contributed by atoms with Crippen LogP contribution in [0.25, 0.3) is 0 Å². The quantitative estimate of drug-likeness (QED) is 0.521. The molecule has 4 atom stereocenters. The van der Waals surface area contributed by atoms with E-state index in [1.807, 2.05) is 48.5 Å². The number of hydrogen-bond donors (Lipinski definition) is 2. The van der Waals surface area contributed by atoms with Gasteiger partial charge in [-0.2, -0.15) is 0 Å². The minimum absolute atomic E-state index is 0.191. The standard InChI is InChI=1S/C30H27N3O5/c1-37-23-14-13-17(16-24(23)38-2)26(34)25-22-12-7-15-33(22)30(19-9-4-6-11-21(19)32-28(30)36)29(25)18-8-3-5-10-20(18)31-27(29)35/h3-6,8-11,13-14,16,22,25H,7,12,15H2,1-2H3,(H,31,35)(H,32,36)/t22-,25-,29+,30+/m0/s1. The Kier molecular flexibility index (Phi) is 4.79. The van der Waals surface area contributed by atoms with Gasteiger partial charge < -0.3 is 20.1 Å². The zero-order chi connectivity index (χ0) is 26.2. The average Bonchev–Trinajstić information content (AvgIpc) is 3.66. The van der Waals surface area contributed by atoms with Crippen molar-refractivity contribution in [2.75, 3.05) is 31.4 Å². The summed E-state index contributed by atoms with van der Waals surface area (Å²) in [5.74, 6) is -0.632. The van der Waals surface area contributed by atoms with E-state index < -0.39 is 16.9 Å². The molecule has 8 heteroatoms. The minimum atomic E-state index is -1.46. The molecule has 2 fully saturated rings. The molecule has 4 aliphatic rings. The van der Waals surface area contributed by atoms with Crippen molar-refractivity contribution in [1.82, 2.24) is 4.90 Å². The van der Waals surface area contributed by atoms with Crippen molar-refractivity contribution in [2.45, 2.75) is 29.8 Å². The van der Waals surface area contributed by atoms with Crippen molar-refractivity contribution in [3.8, 4) is 11.5 Å². The summed E-state index contributed by atoms with van der Waals surface area (Å²) in [5.41, 5.74) is 0.337. The van der Waals surface area contributed by atoms with Crippen molar-refractivity contribution >= 4 is 29.0 Å². The van der Waals surface area contributed by atoms with Crippen molar-refractivity contribution in [1.29, 1.82) is 0 Å². The van der Waals surface area contributed by atoms with Crippen LogP contribution in [-0.4, -0.2) is 49.3 Å². The van der Waals surface area contributed by atoms with Crippen LogP contribution in [0.4, 0.5) is 11.4 Å². The number of anilines is 2. The maximum Gasteiger partial charge on any atom is 0.251 e. The highest BCUT2D eigenvalue weighted by molar-refractivity contribution is 6.21. The average molecular weight is 510 g/mol. The fraction of sp³-hybridized carbons (Fsp3) is 0.300. The number of hydrogen-bond acceptors (Lipinski definition) is 6. The summed E-state index contributed by atoms with van der Waals surface area (Å²) in [5, 5.41) is 6.13. The second kappa shape index (κ2) is 7.91. The number of nitrogens with zero attached hydrogens (tertiary/aromatic N) is 1. The molecule has 0 aromatic heterocycles. The molecule has 0 aliphatic carbocycles. The molecule has 0 saturated carbocycles. The van der Waals surface area contributed by atoms with Crippen LogP contribution in [0, 0.1) is 5.92 Å². The van der Waals surface area contributed by atoms with Gasteiger partial charge in [-0.15, -0.1) is 0 Å². The molecule has 3 aromatic rings. The second-order valence-corrected chi connectivity index (χ2v) is 10.3. The second-order valence-electron chi connectivity index (χ2n) is 10.3. The number of amides is 2. The lowest BCUT2D eigenvalue weighted by atomic mass is 9.57. The molecule has 8 nitrogen and oxygen atoms in total. The lowest BCUT2D eigenvalue weighted by molar-refractivity contribution is -0.137. The Balaban J connectivity index is 1.54. The van der Waals surface area contributed by atoms with Crippen LogP contribution in [0.15, 0.2) is 66.7 Å². The number of carbonyl (C=O) groups is 3. The Hall–Kier alpha value is -4.17. The Morgan fingerprint density at radius 1 is 0.868 bits per heavy atom. The molecule has 2 spiro atoms. The van der Waals surface area contributed by atoms with E-state index in [9.17, 15) is 14.4 Å². The van der Waals surface area contributed by atoms with E-state index in [1.165, 1.54) is 7.11 Å². The third-order valence-corrected chi connectivity index (χ3v) is 8.95. The normalized spacial score (nSPS) is 28.7. The summed E-state index contributed by atoms with van der Waals surface area (Å²) in [7, 11) is 3.07. The fourth-order valence-corrected chi connectivity index (χ4v) is 7.70. The molecule has 2 saturated heterocycles. The molecule has 2 N–H and O–H groups in total. The van der Waals surface area contributed by atoms with E-state index in [1.54, 1.807) is 25.3 Å². The van der Waals surface area contributed by atoms with E-state index >= 15 is 0 Å². The SMILES string of the molecule is COc1ccc(C(=O)[C@@H]2[C@@H]3CCCN3[C@]3(C(=O)Nc4ccccc43)[C@@]23C(=O)Nc2ccccc23)cc1OC. The van der Waals surface area contributed by atoms with E-state index in [-0.39, 0.29) is 23.6 Å². The Morgan fingerprint density at radius 2 is 1.53 bits per heavy atom. The third kappa shape index (κ3) is 2.51. The summed E-state index contributed by atoms with van der Waals surface area (Å²) < 4.78 is 10.9. The van der Waals surface area contributed by atoms with Gasteiger partial charge >= 0.3 is 0 Å². The molecule has 4 aliphatic heterocycles. The van der Waals surface area contributed by atoms with Gasteiger partial charge in [-0.05, 0) is 55.3 Å². The molecule has 7 rings (SSSR count). The first-order valence-electron chi connectivity index (χ1n) is 12.8. The fourth-order valence-electron chi connectivity index (χ4n) is 7.70. The highest BCUT2D eigenvalue weighted by Crippen LogP contribution is 2.67. The molecule has 3 aromatic carbocycles. The summed E-state index contributed by atoms with van der Waals surface area (Å²) in [4.78, 5) is 45.6. The Labute approximate surface area is 219 Å². The molecule has 0 unspecified atom stereocenters. The van der Waals surface area contributed by atoms with Gasteiger partial charge in [0.25, 0.3) is 5.91 Å². The van der Waals surface area contributed by atoms with Gasteiger partial charge in [0, 0.05) is 28.5 Å². The summed E-state index contributed by atoms with van der Waals surface area (Å²) in [6.45, 7) is 0.610. The van der Waals surface area contributed by atoms with E-state index in [2.05, 4.69) is 15.5 Å². The number of fused-ring (bicyclic) bond motifs is 7. The van der Waals surface area contributed by atoms with Crippen LogP contribution < -0.4 is 20.1 Å². The molecule has 38 heavy (non-hydrogen) atoms. The van der Waals surface area contributed by atoms with Crippen LogP contribution in [0.1, 0.15) is 34.3 Å². The van der Waals surface area contributed by atoms with Crippen LogP contribution in [0.2, 0.25) is 0 Å². The monoisotopic (exact) mass is 509 g/mol. The molecule has 0 bridgehead atoms. The van der Waals surface area contributed by atoms with Crippen molar-refractivity contribution in [2.24, 2.45) is 5.92 Å². The number of methoxy groups -OCH3 is 2. The highest BCUT2D eigenvalue weighted by Gasteiger charge is 2.81. The van der Waals surface area contributed by atoms with Gasteiger partial charge in [0.1, 0.15) is 11.0 Å². The van der Waals surface area contributed by atoms with E-state index in [0.29, 0.717) is 47.0 Å². The van der Waals surface area contributed by atoms with Crippen LogP contribution in [-0.2, 0) is 20.5 Å². The molecular formula is C30H27N3O5. The van der Waals surface area contributed by atoms with Crippen LogP contribution >= 0.6 is 0 Å². The first kappa shape index (κ1) is 23.0. The first-order chi connectivity index (χ1) is 18.5. The van der Waals surface area contributed by atoms with Crippen LogP contribution in [0.3, 0.4) is 0 Å². The number of carbonyl (C=O) groups excluding carboxylic acids is 3. The highest BCUT2D eigenvalue weighted by atomic mass is 16.5. The Bertz CT molecular complexity index is 1540. The maximum absolute atomic E-state index is 14.7. The molecule has 0 radical (unpaired) electrons. The smallest absolute Gasteiger partial charge is 0.251 e.